The molecule has 21 heavy (non-hydrogen) atoms. The number of hydrogen-bond acceptors (Lipinski definition) is 5. The first-order valence-corrected chi connectivity index (χ1v) is 6.21. The number of aldehydes is 1. The van der Waals surface area contributed by atoms with E-state index in [-0.39, 0.29) is 23.6 Å². The fourth-order valence-corrected chi connectivity index (χ4v) is 1.81. The summed E-state index contributed by atoms with van der Waals surface area (Å²) in [6, 6.07) is 12.7. The van der Waals surface area contributed by atoms with Crippen LogP contribution >= 0.6 is 0 Å². The van der Waals surface area contributed by atoms with Crippen LogP contribution in [0.25, 0.3) is 0 Å². The highest BCUT2D eigenvalue weighted by molar-refractivity contribution is 5.77. The van der Waals surface area contributed by atoms with Gasteiger partial charge in [0.2, 0.25) is 0 Å². The summed E-state index contributed by atoms with van der Waals surface area (Å²) in [5.41, 5.74) is 0.544. The predicted octanol–water partition coefficient (Wildman–Crippen LogP) is 2.52. The molecule has 6 heteroatoms. The zero-order valence-electron chi connectivity index (χ0n) is 11.0. The Morgan fingerprint density at radius 1 is 1.24 bits per heavy atom. The molecule has 0 fully saturated rings. The van der Waals surface area contributed by atoms with Crippen molar-refractivity contribution in [2.24, 2.45) is 0 Å². The molecule has 0 saturated carbocycles. The Kier molecular flexibility index (Phi) is 4.63. The number of benzene rings is 2. The number of hydrogen-bond donors (Lipinski definition) is 1. The van der Waals surface area contributed by atoms with Crippen LogP contribution in [0.5, 0.6) is 5.75 Å². The molecular formula is C15H13NO5. The largest absolute Gasteiger partial charge is 0.484 e. The molecule has 108 valence electrons. The fourth-order valence-electron chi connectivity index (χ4n) is 1.81. The predicted molar refractivity (Wildman–Crippen MR) is 75.4 cm³/mol. The van der Waals surface area contributed by atoms with Crippen LogP contribution in [0.1, 0.15) is 22.0 Å². The minimum Gasteiger partial charge on any atom is -0.484 e. The van der Waals surface area contributed by atoms with E-state index in [9.17, 15) is 20.0 Å². The molecule has 0 heterocycles. The van der Waals surface area contributed by atoms with Gasteiger partial charge in [-0.25, -0.2) is 0 Å². The number of nitro groups is 1. The molecule has 6 nitrogen and oxygen atoms in total. The van der Waals surface area contributed by atoms with Crippen molar-refractivity contribution in [1.29, 1.82) is 0 Å². The minimum atomic E-state index is -0.892. The fraction of sp³-hybridized carbons (Fsp3) is 0.133. The monoisotopic (exact) mass is 287 g/mol. The standard InChI is InChI=1S/C15H13NO5/c17-9-11-6-7-15(13(8-11)16(19)20)21-10-14(18)12-4-2-1-3-5-12/h1-9,14,18H,10H2. The van der Waals surface area contributed by atoms with Crippen LogP contribution in [0, 0.1) is 10.1 Å². The summed E-state index contributed by atoms with van der Waals surface area (Å²) in [5.74, 6) is 0.0144. The molecule has 0 aliphatic heterocycles. The lowest BCUT2D eigenvalue weighted by Crippen LogP contribution is -2.10. The van der Waals surface area contributed by atoms with E-state index >= 15 is 0 Å². The maximum Gasteiger partial charge on any atom is 0.311 e. The number of aliphatic hydroxyl groups is 1. The van der Waals surface area contributed by atoms with E-state index in [2.05, 4.69) is 0 Å². The molecule has 2 aromatic carbocycles. The van der Waals surface area contributed by atoms with Crippen LogP contribution in [0.3, 0.4) is 0 Å². The lowest BCUT2D eigenvalue weighted by atomic mass is 10.1. The smallest absolute Gasteiger partial charge is 0.311 e. The number of aliphatic hydroxyl groups excluding tert-OH is 1. The third-order valence-electron chi connectivity index (χ3n) is 2.90. The molecular weight excluding hydrogens is 274 g/mol. The van der Waals surface area contributed by atoms with Gasteiger partial charge in [-0.15, -0.1) is 0 Å². The minimum absolute atomic E-state index is 0.0144. The van der Waals surface area contributed by atoms with E-state index in [1.807, 2.05) is 6.07 Å². The Morgan fingerprint density at radius 3 is 2.57 bits per heavy atom. The van der Waals surface area contributed by atoms with Gasteiger partial charge in [0.05, 0.1) is 4.92 Å². The summed E-state index contributed by atoms with van der Waals surface area (Å²) < 4.78 is 5.31. The third-order valence-corrected chi connectivity index (χ3v) is 2.90. The van der Waals surface area contributed by atoms with E-state index in [0.717, 1.165) is 6.07 Å². The highest BCUT2D eigenvalue weighted by Gasteiger charge is 2.17. The maximum absolute atomic E-state index is 11.0. The maximum atomic E-state index is 11.0. The number of carbonyl (C=O) groups excluding carboxylic acids is 1. The Labute approximate surface area is 120 Å². The van der Waals surface area contributed by atoms with Gasteiger partial charge < -0.3 is 9.84 Å². The topological polar surface area (TPSA) is 89.7 Å². The lowest BCUT2D eigenvalue weighted by molar-refractivity contribution is -0.385. The van der Waals surface area contributed by atoms with Crippen LogP contribution in [0.4, 0.5) is 5.69 Å². The van der Waals surface area contributed by atoms with E-state index in [1.165, 1.54) is 12.1 Å². The summed E-state index contributed by atoms with van der Waals surface area (Å²) in [7, 11) is 0. The number of rotatable bonds is 6. The average Bonchev–Trinajstić information content (AvgIpc) is 2.53. The second kappa shape index (κ2) is 6.62. The Hall–Kier alpha value is -2.73. The molecule has 0 aliphatic rings. The van der Waals surface area contributed by atoms with Crippen molar-refractivity contribution in [1.82, 2.24) is 0 Å². The van der Waals surface area contributed by atoms with Gasteiger partial charge in [0.1, 0.15) is 19.0 Å². The molecule has 1 unspecified atom stereocenters. The molecule has 2 aromatic rings. The average molecular weight is 287 g/mol. The Balaban J connectivity index is 2.13. The van der Waals surface area contributed by atoms with Gasteiger partial charge in [0.15, 0.2) is 5.75 Å². The molecule has 2 rings (SSSR count). The summed E-state index contributed by atoms with van der Waals surface area (Å²) in [5, 5.41) is 20.9. The normalized spacial score (nSPS) is 11.7. The summed E-state index contributed by atoms with van der Waals surface area (Å²) >= 11 is 0. The first kappa shape index (κ1) is 14.7. The number of ether oxygens (including phenoxy) is 1. The van der Waals surface area contributed by atoms with E-state index < -0.39 is 11.0 Å². The van der Waals surface area contributed by atoms with Crippen molar-refractivity contribution in [3.8, 4) is 5.75 Å². The van der Waals surface area contributed by atoms with Crippen molar-refractivity contribution in [3.63, 3.8) is 0 Å². The SMILES string of the molecule is O=Cc1ccc(OCC(O)c2ccccc2)c([N+](=O)[O-])c1. The molecule has 1 N–H and O–H groups in total. The molecule has 0 saturated heterocycles. The number of carbonyl (C=O) groups is 1. The van der Waals surface area contributed by atoms with Gasteiger partial charge in [-0.3, -0.25) is 14.9 Å². The van der Waals surface area contributed by atoms with Gasteiger partial charge in [0, 0.05) is 11.6 Å². The summed E-state index contributed by atoms with van der Waals surface area (Å²) in [6.45, 7) is -0.120. The lowest BCUT2D eigenvalue weighted by Gasteiger charge is -2.12. The summed E-state index contributed by atoms with van der Waals surface area (Å²) in [6.07, 6.45) is -0.369. The van der Waals surface area contributed by atoms with Crippen LogP contribution in [0.15, 0.2) is 48.5 Å². The molecule has 0 radical (unpaired) electrons. The van der Waals surface area contributed by atoms with Crippen LogP contribution in [-0.2, 0) is 0 Å². The van der Waals surface area contributed by atoms with Gasteiger partial charge in [0.25, 0.3) is 0 Å². The van der Waals surface area contributed by atoms with Gasteiger partial charge >= 0.3 is 5.69 Å². The van der Waals surface area contributed by atoms with E-state index in [4.69, 9.17) is 4.74 Å². The quantitative estimate of drug-likeness (QED) is 0.501. The van der Waals surface area contributed by atoms with Crippen molar-refractivity contribution >= 4 is 12.0 Å². The Bertz CT molecular complexity index is 642. The highest BCUT2D eigenvalue weighted by Crippen LogP contribution is 2.28. The molecule has 0 aliphatic carbocycles. The van der Waals surface area contributed by atoms with Crippen molar-refractivity contribution < 1.29 is 19.6 Å². The van der Waals surface area contributed by atoms with Gasteiger partial charge in [-0.1, -0.05) is 30.3 Å². The van der Waals surface area contributed by atoms with Gasteiger partial charge in [-0.05, 0) is 17.7 Å². The second-order valence-electron chi connectivity index (χ2n) is 4.34. The van der Waals surface area contributed by atoms with Crippen LogP contribution in [0.2, 0.25) is 0 Å². The zero-order chi connectivity index (χ0) is 15.2. The molecule has 0 bridgehead atoms. The van der Waals surface area contributed by atoms with E-state index in [0.29, 0.717) is 11.8 Å². The number of nitro benzene ring substituents is 1. The summed E-state index contributed by atoms with van der Waals surface area (Å²) in [4.78, 5) is 21.0. The zero-order valence-corrected chi connectivity index (χ0v) is 11.0. The van der Waals surface area contributed by atoms with Crippen molar-refractivity contribution in [2.45, 2.75) is 6.10 Å². The first-order chi connectivity index (χ1) is 10.1. The van der Waals surface area contributed by atoms with Crippen molar-refractivity contribution in [2.75, 3.05) is 6.61 Å². The van der Waals surface area contributed by atoms with Crippen molar-refractivity contribution in [3.05, 3.63) is 69.8 Å². The molecule has 0 aromatic heterocycles. The second-order valence-corrected chi connectivity index (χ2v) is 4.34. The molecule has 0 amide bonds. The first-order valence-electron chi connectivity index (χ1n) is 6.21. The van der Waals surface area contributed by atoms with Crippen LogP contribution < -0.4 is 4.74 Å². The molecule has 0 spiro atoms. The third kappa shape index (κ3) is 3.64. The van der Waals surface area contributed by atoms with E-state index in [1.54, 1.807) is 24.3 Å². The molecule has 1 atom stereocenters. The Morgan fingerprint density at radius 2 is 1.95 bits per heavy atom. The van der Waals surface area contributed by atoms with Crippen LogP contribution in [-0.4, -0.2) is 22.9 Å². The number of nitrogens with zero attached hydrogens (tertiary/aromatic N) is 1. The highest BCUT2D eigenvalue weighted by atomic mass is 16.6. The van der Waals surface area contributed by atoms with Gasteiger partial charge in [-0.2, -0.15) is 0 Å².